The van der Waals surface area contributed by atoms with Gasteiger partial charge in [0.1, 0.15) is 5.82 Å². The molecule has 0 aliphatic rings. The van der Waals surface area contributed by atoms with E-state index in [4.69, 9.17) is 0 Å². The highest BCUT2D eigenvalue weighted by Gasteiger charge is 2.10. The van der Waals surface area contributed by atoms with Crippen LogP contribution in [0.1, 0.15) is 28.4 Å². The van der Waals surface area contributed by atoms with Crippen LogP contribution >= 0.6 is 0 Å². The molecule has 2 aromatic carbocycles. The zero-order chi connectivity index (χ0) is 18.2. The second-order valence-corrected chi connectivity index (χ2v) is 5.43. The number of amides is 1. The van der Waals surface area contributed by atoms with E-state index in [-0.39, 0.29) is 11.7 Å². The van der Waals surface area contributed by atoms with Crippen LogP contribution in [0.3, 0.4) is 0 Å². The molecular weight excluding hydrogens is 321 g/mol. The largest absolute Gasteiger partial charge is 0.465 e. The molecule has 0 aromatic heterocycles. The first-order chi connectivity index (χ1) is 12.0. The lowest BCUT2D eigenvalue weighted by molar-refractivity contribution is -0.126. The van der Waals surface area contributed by atoms with Crippen molar-refractivity contribution in [3.05, 3.63) is 77.1 Å². The van der Waals surface area contributed by atoms with Gasteiger partial charge in [0.15, 0.2) is 0 Å². The maximum absolute atomic E-state index is 13.3. The molecule has 0 N–H and O–H groups in total. The average molecular weight is 341 g/mol. The first kappa shape index (κ1) is 18.4. The Morgan fingerprint density at radius 3 is 2.48 bits per heavy atom. The molecule has 0 saturated carbocycles. The number of nitrogens with zero attached hydrogens (tertiary/aromatic N) is 1. The molecule has 1 amide bonds. The fraction of sp³-hybridized carbons (Fsp3) is 0.200. The molecule has 0 heterocycles. The van der Waals surface area contributed by atoms with Crippen molar-refractivity contribution >= 4 is 18.0 Å². The number of esters is 1. The van der Waals surface area contributed by atoms with Crippen molar-refractivity contribution in [2.75, 3.05) is 13.7 Å². The molecule has 0 fully saturated rings. The summed E-state index contributed by atoms with van der Waals surface area (Å²) in [6.07, 6.45) is 3.15. The molecule has 5 heteroatoms. The van der Waals surface area contributed by atoms with Crippen molar-refractivity contribution in [1.29, 1.82) is 0 Å². The van der Waals surface area contributed by atoms with Crippen LogP contribution in [-0.4, -0.2) is 30.4 Å². The second kappa shape index (κ2) is 8.78. The van der Waals surface area contributed by atoms with Crippen molar-refractivity contribution in [3.63, 3.8) is 0 Å². The summed E-state index contributed by atoms with van der Waals surface area (Å²) >= 11 is 0. The number of halogens is 1. The summed E-state index contributed by atoms with van der Waals surface area (Å²) in [6, 6.07) is 13.0. The number of hydrogen-bond donors (Lipinski definition) is 0. The maximum atomic E-state index is 13.3. The van der Waals surface area contributed by atoms with Crippen molar-refractivity contribution in [3.8, 4) is 0 Å². The summed E-state index contributed by atoms with van der Waals surface area (Å²) < 4.78 is 17.9. The molecule has 130 valence electrons. The van der Waals surface area contributed by atoms with E-state index in [2.05, 4.69) is 4.74 Å². The molecular formula is C20H20FNO3. The third kappa shape index (κ3) is 5.28. The van der Waals surface area contributed by atoms with Gasteiger partial charge in [-0.05, 0) is 48.4 Å². The number of carbonyl (C=O) groups excluding carboxylic acids is 2. The lowest BCUT2D eigenvalue weighted by atomic mass is 10.1. The molecule has 0 unspecified atom stereocenters. The molecule has 0 aliphatic heterocycles. The zero-order valence-electron chi connectivity index (χ0n) is 14.2. The highest BCUT2D eigenvalue weighted by molar-refractivity contribution is 5.92. The van der Waals surface area contributed by atoms with E-state index in [1.807, 2.05) is 6.92 Å². The quantitative estimate of drug-likeness (QED) is 0.595. The average Bonchev–Trinajstić information content (AvgIpc) is 2.64. The van der Waals surface area contributed by atoms with E-state index in [0.717, 1.165) is 11.1 Å². The van der Waals surface area contributed by atoms with Crippen LogP contribution in [0, 0.1) is 5.82 Å². The van der Waals surface area contributed by atoms with Crippen LogP contribution in [0.2, 0.25) is 0 Å². The zero-order valence-corrected chi connectivity index (χ0v) is 14.2. The predicted octanol–water partition coefficient (Wildman–Crippen LogP) is 3.67. The number of rotatable bonds is 6. The van der Waals surface area contributed by atoms with Gasteiger partial charge in [0.2, 0.25) is 5.91 Å². The summed E-state index contributed by atoms with van der Waals surface area (Å²) in [4.78, 5) is 25.3. The smallest absolute Gasteiger partial charge is 0.337 e. The van der Waals surface area contributed by atoms with E-state index in [1.165, 1.54) is 25.3 Å². The van der Waals surface area contributed by atoms with Crippen LogP contribution in [0.5, 0.6) is 0 Å². The minimum absolute atomic E-state index is 0.163. The van der Waals surface area contributed by atoms with Gasteiger partial charge in [0, 0.05) is 19.2 Å². The van der Waals surface area contributed by atoms with Gasteiger partial charge < -0.3 is 9.64 Å². The summed E-state index contributed by atoms with van der Waals surface area (Å²) in [5, 5.41) is 0. The highest BCUT2D eigenvalue weighted by Crippen LogP contribution is 2.10. The van der Waals surface area contributed by atoms with Crippen molar-refractivity contribution < 1.29 is 18.7 Å². The maximum Gasteiger partial charge on any atom is 0.337 e. The first-order valence-corrected chi connectivity index (χ1v) is 7.93. The Hall–Kier alpha value is -2.95. The van der Waals surface area contributed by atoms with Crippen LogP contribution in [0.15, 0.2) is 54.6 Å². The van der Waals surface area contributed by atoms with Gasteiger partial charge in [0.25, 0.3) is 0 Å². The molecule has 4 nitrogen and oxygen atoms in total. The number of likely N-dealkylation sites (N-methyl/N-ethyl adjacent to an activating group) is 1. The Kier molecular flexibility index (Phi) is 6.46. The summed E-state index contributed by atoms with van der Waals surface area (Å²) in [6.45, 7) is 2.73. The van der Waals surface area contributed by atoms with Gasteiger partial charge in [-0.25, -0.2) is 9.18 Å². The SMILES string of the molecule is CCN(Cc1cccc(F)c1)C(=O)/C=C/c1ccc(C(=O)OC)cc1. The van der Waals surface area contributed by atoms with E-state index < -0.39 is 5.97 Å². The van der Waals surface area contributed by atoms with E-state index >= 15 is 0 Å². The molecule has 2 aromatic rings. The van der Waals surface area contributed by atoms with Crippen LogP contribution in [0.4, 0.5) is 4.39 Å². The number of methoxy groups -OCH3 is 1. The third-order valence-electron chi connectivity index (χ3n) is 3.71. The molecule has 0 bridgehead atoms. The standard InChI is InChI=1S/C20H20FNO3/c1-3-22(14-16-5-4-6-18(21)13-16)19(23)12-9-15-7-10-17(11-8-15)20(24)25-2/h4-13H,3,14H2,1-2H3/b12-9+. The van der Waals surface area contributed by atoms with Crippen LogP contribution in [-0.2, 0) is 16.1 Å². The van der Waals surface area contributed by atoms with Gasteiger partial charge in [0.05, 0.1) is 12.7 Å². The lowest BCUT2D eigenvalue weighted by Crippen LogP contribution is -2.28. The van der Waals surface area contributed by atoms with E-state index in [9.17, 15) is 14.0 Å². The van der Waals surface area contributed by atoms with Crippen molar-refractivity contribution in [1.82, 2.24) is 4.90 Å². The Morgan fingerprint density at radius 2 is 1.88 bits per heavy atom. The van der Waals surface area contributed by atoms with Gasteiger partial charge in [-0.15, -0.1) is 0 Å². The molecule has 2 rings (SSSR count). The Morgan fingerprint density at radius 1 is 1.16 bits per heavy atom. The van der Waals surface area contributed by atoms with E-state index in [0.29, 0.717) is 18.7 Å². The molecule has 25 heavy (non-hydrogen) atoms. The molecule has 0 spiro atoms. The Labute approximate surface area is 146 Å². The molecule has 0 saturated heterocycles. The highest BCUT2D eigenvalue weighted by atomic mass is 19.1. The summed E-state index contributed by atoms with van der Waals surface area (Å²) in [5.41, 5.74) is 1.99. The topological polar surface area (TPSA) is 46.6 Å². The normalized spacial score (nSPS) is 10.7. The van der Waals surface area contributed by atoms with Gasteiger partial charge in [-0.1, -0.05) is 24.3 Å². The fourth-order valence-electron chi connectivity index (χ4n) is 2.32. The van der Waals surface area contributed by atoms with Gasteiger partial charge in [-0.3, -0.25) is 4.79 Å². The number of ether oxygens (including phenoxy) is 1. The van der Waals surface area contributed by atoms with Gasteiger partial charge >= 0.3 is 5.97 Å². The van der Waals surface area contributed by atoms with E-state index in [1.54, 1.807) is 47.4 Å². The number of benzene rings is 2. The molecule has 0 atom stereocenters. The molecule has 0 aliphatic carbocycles. The minimum Gasteiger partial charge on any atom is -0.465 e. The van der Waals surface area contributed by atoms with Crippen molar-refractivity contribution in [2.45, 2.75) is 13.5 Å². The van der Waals surface area contributed by atoms with Crippen molar-refractivity contribution in [2.24, 2.45) is 0 Å². The fourth-order valence-corrected chi connectivity index (χ4v) is 2.32. The lowest BCUT2D eigenvalue weighted by Gasteiger charge is -2.19. The van der Waals surface area contributed by atoms with Gasteiger partial charge in [-0.2, -0.15) is 0 Å². The number of carbonyl (C=O) groups is 2. The first-order valence-electron chi connectivity index (χ1n) is 7.93. The van der Waals surface area contributed by atoms with Crippen LogP contribution in [0.25, 0.3) is 6.08 Å². The summed E-state index contributed by atoms with van der Waals surface area (Å²) in [7, 11) is 1.33. The predicted molar refractivity (Wildman–Crippen MR) is 94.3 cm³/mol. The third-order valence-corrected chi connectivity index (χ3v) is 3.71. The summed E-state index contributed by atoms with van der Waals surface area (Å²) in [5.74, 6) is -0.884. The Bertz CT molecular complexity index is 769. The Balaban J connectivity index is 2.03. The van der Waals surface area contributed by atoms with Crippen LogP contribution < -0.4 is 0 Å². The molecule has 0 radical (unpaired) electrons. The number of hydrogen-bond acceptors (Lipinski definition) is 3. The minimum atomic E-state index is -0.404. The second-order valence-electron chi connectivity index (χ2n) is 5.43. The monoisotopic (exact) mass is 341 g/mol.